The second-order valence-electron chi connectivity index (χ2n) is 5.29. The normalized spacial score (nSPS) is 16.4. The summed E-state index contributed by atoms with van der Waals surface area (Å²) >= 11 is 6.21. The molecule has 9 heteroatoms. The van der Waals surface area contributed by atoms with Crippen LogP contribution in [0.25, 0.3) is 6.08 Å². The third kappa shape index (κ3) is 3.95. The van der Waals surface area contributed by atoms with Gasteiger partial charge < -0.3 is 4.18 Å². The molecule has 0 radical (unpaired) electrons. The van der Waals surface area contributed by atoms with E-state index in [9.17, 15) is 17.6 Å². The van der Waals surface area contributed by atoms with Gasteiger partial charge in [0.25, 0.3) is 5.91 Å². The van der Waals surface area contributed by atoms with Gasteiger partial charge >= 0.3 is 10.1 Å². The molecule has 2 aromatic carbocycles. The highest BCUT2D eigenvalue weighted by molar-refractivity contribution is 8.27. The molecule has 134 valence electrons. The highest BCUT2D eigenvalue weighted by atomic mass is 32.2. The zero-order chi connectivity index (χ0) is 18.9. The molecule has 1 aliphatic rings. The van der Waals surface area contributed by atoms with Gasteiger partial charge in [-0.15, -0.1) is 0 Å². The topological polar surface area (TPSA) is 63.7 Å². The van der Waals surface area contributed by atoms with Crippen molar-refractivity contribution in [3.8, 4) is 5.75 Å². The molecule has 0 aromatic heterocycles. The number of benzene rings is 2. The number of thioether (sulfide) groups is 1. The van der Waals surface area contributed by atoms with Crippen LogP contribution in [0.5, 0.6) is 5.75 Å². The SMILES string of the molecule is CS(=O)(=O)Oc1ccccc1/C=C1/SC(=S)N(c2ccccc2F)C1=O. The number of carbonyl (C=O) groups excluding carboxylic acids is 1. The first-order valence-corrected chi connectivity index (χ1v) is 10.3. The Morgan fingerprint density at radius 2 is 1.81 bits per heavy atom. The Bertz CT molecular complexity index is 1030. The summed E-state index contributed by atoms with van der Waals surface area (Å²) in [5.74, 6) is -0.962. The number of nitrogens with zero attached hydrogens (tertiary/aromatic N) is 1. The predicted molar refractivity (Wildman–Crippen MR) is 104 cm³/mol. The molecule has 0 bridgehead atoms. The van der Waals surface area contributed by atoms with Gasteiger partial charge in [0, 0.05) is 5.56 Å². The Hall–Kier alpha value is -2.23. The number of hydrogen-bond acceptors (Lipinski definition) is 6. The molecule has 0 N–H and O–H groups in total. The van der Waals surface area contributed by atoms with Crippen molar-refractivity contribution in [2.24, 2.45) is 0 Å². The summed E-state index contributed by atoms with van der Waals surface area (Å²) in [5, 5.41) is 0. The molecule has 2 aromatic rings. The van der Waals surface area contributed by atoms with E-state index in [0.29, 0.717) is 5.56 Å². The fraction of sp³-hybridized carbons (Fsp3) is 0.0588. The van der Waals surface area contributed by atoms with Crippen LogP contribution in [0.1, 0.15) is 5.56 Å². The first-order valence-electron chi connectivity index (χ1n) is 7.27. The quantitative estimate of drug-likeness (QED) is 0.437. The van der Waals surface area contributed by atoms with Crippen LogP contribution in [-0.4, -0.2) is 24.9 Å². The first kappa shape index (κ1) is 18.6. The average molecular weight is 409 g/mol. The second kappa shape index (κ2) is 7.18. The second-order valence-corrected chi connectivity index (χ2v) is 8.54. The number of rotatable bonds is 4. The fourth-order valence-electron chi connectivity index (χ4n) is 2.29. The summed E-state index contributed by atoms with van der Waals surface area (Å²) in [4.78, 5) is 14.0. The van der Waals surface area contributed by atoms with Crippen molar-refractivity contribution in [2.45, 2.75) is 0 Å². The maximum Gasteiger partial charge on any atom is 0.306 e. The third-order valence-electron chi connectivity index (χ3n) is 3.33. The van der Waals surface area contributed by atoms with E-state index in [1.54, 1.807) is 24.3 Å². The predicted octanol–water partition coefficient (Wildman–Crippen LogP) is 3.57. The monoisotopic (exact) mass is 409 g/mol. The summed E-state index contributed by atoms with van der Waals surface area (Å²) in [5.41, 5.74) is 0.464. The van der Waals surface area contributed by atoms with E-state index in [1.165, 1.54) is 30.3 Å². The molecule has 0 atom stereocenters. The van der Waals surface area contributed by atoms with Crippen LogP contribution < -0.4 is 9.08 Å². The Balaban J connectivity index is 1.98. The minimum absolute atomic E-state index is 0.0686. The van der Waals surface area contributed by atoms with Crippen molar-refractivity contribution in [2.75, 3.05) is 11.2 Å². The van der Waals surface area contributed by atoms with Gasteiger partial charge in [-0.2, -0.15) is 8.42 Å². The van der Waals surface area contributed by atoms with Crippen molar-refractivity contribution in [3.05, 3.63) is 64.8 Å². The van der Waals surface area contributed by atoms with Gasteiger partial charge in [-0.25, -0.2) is 4.39 Å². The molecule has 0 unspecified atom stereocenters. The van der Waals surface area contributed by atoms with E-state index < -0.39 is 21.8 Å². The molecule has 1 saturated heterocycles. The van der Waals surface area contributed by atoms with E-state index >= 15 is 0 Å². The van der Waals surface area contributed by atoms with E-state index in [-0.39, 0.29) is 20.7 Å². The number of anilines is 1. The molecule has 3 rings (SSSR count). The molecule has 0 saturated carbocycles. The largest absolute Gasteiger partial charge is 0.382 e. The summed E-state index contributed by atoms with van der Waals surface area (Å²) in [6.07, 6.45) is 2.40. The van der Waals surface area contributed by atoms with Crippen molar-refractivity contribution in [3.63, 3.8) is 0 Å². The fourth-order valence-corrected chi connectivity index (χ4v) is 4.04. The van der Waals surface area contributed by atoms with Gasteiger partial charge in [0.1, 0.15) is 11.6 Å². The van der Waals surface area contributed by atoms with Crippen LogP contribution in [0, 0.1) is 5.82 Å². The highest BCUT2D eigenvalue weighted by Gasteiger charge is 2.34. The molecule has 0 spiro atoms. The Labute approximate surface area is 159 Å². The molecule has 1 aliphatic heterocycles. The van der Waals surface area contributed by atoms with Gasteiger partial charge in [-0.1, -0.05) is 54.3 Å². The summed E-state index contributed by atoms with van der Waals surface area (Å²) in [6.45, 7) is 0. The zero-order valence-electron chi connectivity index (χ0n) is 13.4. The summed E-state index contributed by atoms with van der Waals surface area (Å²) in [6, 6.07) is 12.2. The average Bonchev–Trinajstić information content (AvgIpc) is 2.83. The molecule has 1 heterocycles. The van der Waals surface area contributed by atoms with E-state index in [0.717, 1.165) is 22.9 Å². The maximum absolute atomic E-state index is 14.0. The van der Waals surface area contributed by atoms with Crippen molar-refractivity contribution in [1.82, 2.24) is 0 Å². The van der Waals surface area contributed by atoms with E-state index in [2.05, 4.69) is 0 Å². The van der Waals surface area contributed by atoms with Gasteiger partial charge in [-0.05, 0) is 24.3 Å². The lowest BCUT2D eigenvalue weighted by atomic mass is 10.2. The van der Waals surface area contributed by atoms with Crippen molar-refractivity contribution >= 4 is 56.1 Å². The van der Waals surface area contributed by atoms with Crippen LogP contribution >= 0.6 is 24.0 Å². The molecule has 1 amide bonds. The molecule has 26 heavy (non-hydrogen) atoms. The van der Waals surface area contributed by atoms with Crippen LogP contribution in [0.3, 0.4) is 0 Å². The third-order valence-corrected chi connectivity index (χ3v) is 5.12. The first-order chi connectivity index (χ1) is 12.3. The highest BCUT2D eigenvalue weighted by Crippen LogP contribution is 2.38. The number of amides is 1. The Kier molecular flexibility index (Phi) is 5.12. The Morgan fingerprint density at radius 3 is 2.50 bits per heavy atom. The van der Waals surface area contributed by atoms with Crippen LogP contribution in [0.15, 0.2) is 53.4 Å². The zero-order valence-corrected chi connectivity index (χ0v) is 15.8. The molecule has 5 nitrogen and oxygen atoms in total. The molecule has 1 fully saturated rings. The number of thiocarbonyl (C=S) groups is 1. The summed E-state index contributed by atoms with van der Waals surface area (Å²) in [7, 11) is -3.72. The lowest BCUT2D eigenvalue weighted by Gasteiger charge is -2.14. The molecular formula is C17H12FNO4S3. The Morgan fingerprint density at radius 1 is 1.15 bits per heavy atom. The number of para-hydroxylation sites is 2. The minimum atomic E-state index is -3.72. The minimum Gasteiger partial charge on any atom is -0.382 e. The summed E-state index contributed by atoms with van der Waals surface area (Å²) < 4.78 is 41.9. The van der Waals surface area contributed by atoms with Crippen LogP contribution in [0.4, 0.5) is 10.1 Å². The van der Waals surface area contributed by atoms with Gasteiger partial charge in [-0.3, -0.25) is 9.69 Å². The number of hydrogen-bond donors (Lipinski definition) is 0. The van der Waals surface area contributed by atoms with E-state index in [4.69, 9.17) is 16.4 Å². The standard InChI is InChI=1S/C17H12FNO4S3/c1-26(21,22)23-14-9-5-2-6-11(14)10-15-16(20)19(17(24)25-15)13-8-4-3-7-12(13)18/h2-10H,1H3/b15-10+. The number of halogens is 1. The van der Waals surface area contributed by atoms with Crippen LogP contribution in [-0.2, 0) is 14.9 Å². The molecular weight excluding hydrogens is 397 g/mol. The van der Waals surface area contributed by atoms with E-state index in [1.807, 2.05) is 0 Å². The van der Waals surface area contributed by atoms with Gasteiger partial charge in [0.2, 0.25) is 0 Å². The van der Waals surface area contributed by atoms with Crippen LogP contribution in [0.2, 0.25) is 0 Å². The smallest absolute Gasteiger partial charge is 0.306 e. The van der Waals surface area contributed by atoms with Gasteiger partial charge in [0.05, 0.1) is 16.8 Å². The maximum atomic E-state index is 14.0. The van der Waals surface area contributed by atoms with Gasteiger partial charge in [0.15, 0.2) is 4.32 Å². The lowest BCUT2D eigenvalue weighted by Crippen LogP contribution is -2.28. The van der Waals surface area contributed by atoms with Crippen molar-refractivity contribution in [1.29, 1.82) is 0 Å². The number of carbonyl (C=O) groups is 1. The molecule has 0 aliphatic carbocycles. The van der Waals surface area contributed by atoms with Crippen molar-refractivity contribution < 1.29 is 21.8 Å². The lowest BCUT2D eigenvalue weighted by molar-refractivity contribution is -0.113.